The summed E-state index contributed by atoms with van der Waals surface area (Å²) in [5, 5.41) is 16.1. The Labute approximate surface area is 297 Å². The predicted molar refractivity (Wildman–Crippen MR) is 196 cm³/mol. The summed E-state index contributed by atoms with van der Waals surface area (Å²) < 4.78 is 11.5. The second-order valence-corrected chi connectivity index (χ2v) is 14.0. The van der Waals surface area contributed by atoms with Gasteiger partial charge in [-0.15, -0.1) is 0 Å². The topological polar surface area (TPSA) is 231 Å². The lowest BCUT2D eigenvalue weighted by molar-refractivity contribution is -0.139. The molecule has 0 amide bonds. The molecule has 0 radical (unpaired) electrons. The number of nitrogens with zero attached hydrogens (tertiary/aromatic N) is 12. The molecular weight excluding hydrogens is 636 g/mol. The Hall–Kier alpha value is -3.59. The summed E-state index contributed by atoms with van der Waals surface area (Å²) in [6.07, 6.45) is 23.6. The van der Waals surface area contributed by atoms with Crippen LogP contribution in [0.5, 0.6) is 0 Å². The van der Waals surface area contributed by atoms with E-state index in [4.69, 9.17) is 20.5 Å². The molecule has 0 aromatic heterocycles. The Morgan fingerprint density at radius 3 is 1.56 bits per heavy atom. The predicted octanol–water partition coefficient (Wildman–Crippen LogP) is 12.3. The Bertz CT molecular complexity index is 1210. The fourth-order valence-electron chi connectivity index (χ4n) is 7.18. The number of carbonyl (C=O) groups excluding carboxylic acids is 1. The number of ether oxygens (including phenoxy) is 2. The summed E-state index contributed by atoms with van der Waals surface area (Å²) in [5.74, 6) is -0.340. The fraction of sp³-hybridized carbons (Fsp3) is 0.914. The van der Waals surface area contributed by atoms with E-state index in [2.05, 4.69) is 47.0 Å². The van der Waals surface area contributed by atoms with E-state index in [0.29, 0.717) is 24.8 Å². The summed E-state index contributed by atoms with van der Waals surface area (Å²) in [7, 11) is 0. The first-order chi connectivity index (χ1) is 24.4. The van der Waals surface area contributed by atoms with Gasteiger partial charge in [-0.1, -0.05) is 124 Å². The van der Waals surface area contributed by atoms with Crippen molar-refractivity contribution >= 4 is 5.97 Å². The van der Waals surface area contributed by atoms with Crippen LogP contribution in [0.1, 0.15) is 162 Å². The van der Waals surface area contributed by atoms with Gasteiger partial charge in [-0.3, -0.25) is 0 Å². The van der Waals surface area contributed by atoms with Gasteiger partial charge in [0.1, 0.15) is 6.10 Å². The van der Waals surface area contributed by atoms with Gasteiger partial charge in [0.05, 0.1) is 24.3 Å². The maximum Gasteiger partial charge on any atom is 0.334 e. The molecule has 2 aliphatic rings. The van der Waals surface area contributed by atoms with Crippen LogP contribution in [0.2, 0.25) is 0 Å². The first kappa shape index (κ1) is 42.6. The maximum atomic E-state index is 11.9. The molecule has 0 N–H and O–H groups in total. The van der Waals surface area contributed by atoms with Gasteiger partial charge >= 0.3 is 5.97 Å². The molecule has 0 aromatic rings. The molecule has 2 heterocycles. The molecular formula is C35H60N12O3. The molecule has 1 saturated heterocycles. The molecule has 0 unspecified atom stereocenters. The third kappa shape index (κ3) is 17.9. The van der Waals surface area contributed by atoms with Crippen LogP contribution in [-0.4, -0.2) is 48.4 Å². The van der Waals surface area contributed by atoms with E-state index >= 15 is 0 Å². The SMILES string of the molecule is CCCCCCCCCCCC[C@@H](N=[N+]=[N-])[C@H]1CC[C@H]([C@@H](CCCC[C@@H](CCCCC[C@H](CC2=C[C@H](C)OC2=O)N=[N+]=[N-])N=[N+]=[N-])N=[N+]=[N-])O1. The van der Waals surface area contributed by atoms with Crippen molar-refractivity contribution in [2.45, 2.75) is 204 Å². The third-order valence-electron chi connectivity index (χ3n) is 9.94. The second kappa shape index (κ2) is 27.2. The highest BCUT2D eigenvalue weighted by Gasteiger charge is 2.35. The van der Waals surface area contributed by atoms with Crippen LogP contribution in [0.4, 0.5) is 0 Å². The van der Waals surface area contributed by atoms with Crippen LogP contribution < -0.4 is 0 Å². The summed E-state index contributed by atoms with van der Waals surface area (Å²) in [4.78, 5) is 24.1. The van der Waals surface area contributed by atoms with Crippen LogP contribution in [0.15, 0.2) is 32.1 Å². The number of azide groups is 4. The fourth-order valence-corrected chi connectivity index (χ4v) is 7.18. The van der Waals surface area contributed by atoms with Gasteiger partial charge < -0.3 is 9.47 Å². The molecule has 15 heteroatoms. The molecule has 0 bridgehead atoms. The monoisotopic (exact) mass is 696 g/mol. The van der Waals surface area contributed by atoms with Gasteiger partial charge in [0, 0.05) is 37.3 Å². The molecule has 2 rings (SSSR count). The minimum Gasteiger partial charge on any atom is -0.455 e. The number of esters is 1. The number of cyclic esters (lactones) is 1. The third-order valence-corrected chi connectivity index (χ3v) is 9.94. The summed E-state index contributed by atoms with van der Waals surface area (Å²) >= 11 is 0. The summed E-state index contributed by atoms with van der Waals surface area (Å²) in [6, 6.07) is -0.906. The molecule has 0 saturated carbocycles. The van der Waals surface area contributed by atoms with Crippen LogP contribution in [0.3, 0.4) is 0 Å². The number of carbonyl (C=O) groups is 1. The number of hydrogen-bond acceptors (Lipinski definition) is 7. The van der Waals surface area contributed by atoms with Gasteiger partial charge in [-0.05, 0) is 86.5 Å². The molecule has 0 spiro atoms. The van der Waals surface area contributed by atoms with E-state index in [1.54, 1.807) is 13.0 Å². The lowest BCUT2D eigenvalue weighted by atomic mass is 9.97. The summed E-state index contributed by atoms with van der Waals surface area (Å²) in [5.41, 5.74) is 37.1. The minimum absolute atomic E-state index is 0.117. The molecule has 15 nitrogen and oxygen atoms in total. The van der Waals surface area contributed by atoms with E-state index in [-0.39, 0.29) is 48.4 Å². The first-order valence-corrected chi connectivity index (χ1v) is 19.2. The van der Waals surface area contributed by atoms with Crippen LogP contribution >= 0.6 is 0 Å². The Balaban J connectivity index is 1.69. The van der Waals surface area contributed by atoms with Gasteiger partial charge in [0.2, 0.25) is 0 Å². The zero-order valence-electron chi connectivity index (χ0n) is 30.5. The molecule has 1 fully saturated rings. The lowest BCUT2D eigenvalue weighted by Gasteiger charge is -2.23. The molecule has 0 aliphatic carbocycles. The number of hydrogen-bond donors (Lipinski definition) is 0. The van der Waals surface area contributed by atoms with Crippen molar-refractivity contribution in [1.82, 2.24) is 0 Å². The van der Waals surface area contributed by atoms with Crippen LogP contribution in [-0.2, 0) is 14.3 Å². The molecule has 50 heavy (non-hydrogen) atoms. The van der Waals surface area contributed by atoms with Gasteiger partial charge in [0.25, 0.3) is 0 Å². The standard InChI is InChI=1S/C35H60N12O3/c1-3-4-5-6-7-8-9-10-11-15-21-31(42-46-38)33-23-24-34(50-33)32(43-47-39)22-17-16-19-29(40-44-36)18-13-12-14-20-30(41-45-37)26-28-25-27(2)49-35(28)48/h25,27,29-34H,3-24,26H2,1-2H3/t27-,29+,30+,31+,32+,33+,34+/m0/s1. The number of rotatable bonds is 30. The normalized spacial score (nSPS) is 20.6. The molecule has 278 valence electrons. The van der Waals surface area contributed by atoms with Gasteiger partial charge in [-0.25, -0.2) is 4.79 Å². The number of unbranched alkanes of at least 4 members (excludes halogenated alkanes) is 12. The Morgan fingerprint density at radius 1 is 0.640 bits per heavy atom. The lowest BCUT2D eigenvalue weighted by Crippen LogP contribution is -2.29. The Morgan fingerprint density at radius 2 is 1.06 bits per heavy atom. The largest absolute Gasteiger partial charge is 0.455 e. The molecule has 0 aromatic carbocycles. The highest BCUT2D eigenvalue weighted by Crippen LogP contribution is 2.31. The van der Waals surface area contributed by atoms with E-state index in [0.717, 1.165) is 77.0 Å². The second-order valence-electron chi connectivity index (χ2n) is 14.0. The zero-order chi connectivity index (χ0) is 36.2. The smallest absolute Gasteiger partial charge is 0.334 e. The average molecular weight is 697 g/mol. The summed E-state index contributed by atoms with van der Waals surface area (Å²) in [6.45, 7) is 4.04. The average Bonchev–Trinajstić information content (AvgIpc) is 3.71. The maximum absolute atomic E-state index is 11.9. The van der Waals surface area contributed by atoms with Crippen LogP contribution in [0.25, 0.3) is 41.8 Å². The van der Waals surface area contributed by atoms with Crippen molar-refractivity contribution < 1.29 is 14.3 Å². The highest BCUT2D eigenvalue weighted by molar-refractivity contribution is 5.90. The van der Waals surface area contributed by atoms with Crippen molar-refractivity contribution in [1.29, 1.82) is 0 Å². The highest BCUT2D eigenvalue weighted by atomic mass is 16.5. The van der Waals surface area contributed by atoms with Crippen LogP contribution in [0, 0.1) is 0 Å². The van der Waals surface area contributed by atoms with E-state index in [1.807, 2.05) is 0 Å². The minimum atomic E-state index is -0.340. The van der Waals surface area contributed by atoms with Crippen molar-refractivity contribution in [3.05, 3.63) is 53.4 Å². The van der Waals surface area contributed by atoms with Crippen molar-refractivity contribution in [3.8, 4) is 0 Å². The molecule has 2 aliphatic heterocycles. The van der Waals surface area contributed by atoms with E-state index in [1.165, 1.54) is 51.4 Å². The first-order valence-electron chi connectivity index (χ1n) is 19.2. The van der Waals surface area contributed by atoms with Gasteiger partial charge in [-0.2, -0.15) is 0 Å². The van der Waals surface area contributed by atoms with E-state index < -0.39 is 0 Å². The Kier molecular flexibility index (Phi) is 23.1. The quantitative estimate of drug-likeness (QED) is 0.0234. The zero-order valence-corrected chi connectivity index (χ0v) is 30.5. The van der Waals surface area contributed by atoms with Crippen molar-refractivity contribution in [2.75, 3.05) is 0 Å². The molecule has 7 atom stereocenters. The van der Waals surface area contributed by atoms with Gasteiger partial charge in [0.15, 0.2) is 0 Å². The van der Waals surface area contributed by atoms with E-state index in [9.17, 15) is 15.9 Å². The van der Waals surface area contributed by atoms with Crippen molar-refractivity contribution in [2.24, 2.45) is 20.5 Å². The van der Waals surface area contributed by atoms with Crippen molar-refractivity contribution in [3.63, 3.8) is 0 Å².